The van der Waals surface area contributed by atoms with Gasteiger partial charge in [0.15, 0.2) is 4.73 Å². The lowest BCUT2D eigenvalue weighted by Gasteiger charge is -2.01. The molecule has 2 rings (SSSR count). The predicted octanol–water partition coefficient (Wildman–Crippen LogP) is 2.18. The van der Waals surface area contributed by atoms with Crippen LogP contribution in [0.4, 0.5) is 4.39 Å². The van der Waals surface area contributed by atoms with Gasteiger partial charge in [-0.05, 0) is 33.6 Å². The fraction of sp³-hybridized carbons (Fsp3) is 0.200. The van der Waals surface area contributed by atoms with Gasteiger partial charge in [0.1, 0.15) is 5.82 Å². The molecule has 4 nitrogen and oxygen atoms in total. The van der Waals surface area contributed by atoms with Gasteiger partial charge in [0.05, 0.1) is 24.6 Å². The van der Waals surface area contributed by atoms with E-state index in [9.17, 15) is 9.18 Å². The summed E-state index contributed by atoms with van der Waals surface area (Å²) in [6, 6.07) is 2.61. The first-order valence-electron chi connectivity index (χ1n) is 4.50. The van der Waals surface area contributed by atoms with Crippen molar-refractivity contribution in [3.05, 3.63) is 28.2 Å². The van der Waals surface area contributed by atoms with Crippen molar-refractivity contribution in [2.24, 2.45) is 0 Å². The smallest absolute Gasteiger partial charge is 0.310 e. The lowest BCUT2D eigenvalue weighted by Crippen LogP contribution is -2.05. The fourth-order valence-corrected chi connectivity index (χ4v) is 1.87. The number of halogens is 2. The Kier molecular flexibility index (Phi) is 2.91. The van der Waals surface area contributed by atoms with E-state index in [1.54, 1.807) is 0 Å². The van der Waals surface area contributed by atoms with Crippen molar-refractivity contribution in [3.8, 4) is 0 Å². The van der Waals surface area contributed by atoms with Crippen LogP contribution in [-0.2, 0) is 16.0 Å². The van der Waals surface area contributed by atoms with E-state index < -0.39 is 11.8 Å². The maximum absolute atomic E-state index is 13.2. The number of carbonyl (C=O) groups excluding carboxylic acids is 1. The summed E-state index contributed by atoms with van der Waals surface area (Å²) in [4.78, 5) is 18.1. The van der Waals surface area contributed by atoms with Gasteiger partial charge in [0.25, 0.3) is 0 Å². The number of ether oxygens (including phenoxy) is 1. The summed E-state index contributed by atoms with van der Waals surface area (Å²) in [7, 11) is 1.29. The van der Waals surface area contributed by atoms with Gasteiger partial charge in [-0.3, -0.25) is 4.79 Å². The zero-order valence-corrected chi connectivity index (χ0v) is 9.97. The predicted molar refractivity (Wildman–Crippen MR) is 59.5 cm³/mol. The van der Waals surface area contributed by atoms with Crippen molar-refractivity contribution in [2.45, 2.75) is 6.42 Å². The van der Waals surface area contributed by atoms with Crippen molar-refractivity contribution >= 4 is 32.9 Å². The average molecular weight is 287 g/mol. The Morgan fingerprint density at radius 3 is 3.06 bits per heavy atom. The monoisotopic (exact) mass is 286 g/mol. The summed E-state index contributed by atoms with van der Waals surface area (Å²) in [5.74, 6) is -0.839. The van der Waals surface area contributed by atoms with E-state index >= 15 is 0 Å². The van der Waals surface area contributed by atoms with Crippen LogP contribution >= 0.6 is 15.9 Å². The molecular weight excluding hydrogens is 279 g/mol. The number of fused-ring (bicyclic) bond motifs is 1. The molecule has 1 heterocycles. The SMILES string of the molecule is COC(=O)Cc1cc(F)cc2[nH]c(Br)nc12. The summed E-state index contributed by atoms with van der Waals surface area (Å²) >= 11 is 3.16. The van der Waals surface area contributed by atoms with E-state index in [4.69, 9.17) is 0 Å². The van der Waals surface area contributed by atoms with Crippen molar-refractivity contribution in [1.82, 2.24) is 9.97 Å². The van der Waals surface area contributed by atoms with Crippen LogP contribution < -0.4 is 0 Å². The quantitative estimate of drug-likeness (QED) is 0.861. The molecule has 0 bridgehead atoms. The Balaban J connectivity index is 2.53. The Morgan fingerprint density at radius 1 is 1.62 bits per heavy atom. The number of rotatable bonds is 2. The van der Waals surface area contributed by atoms with Crippen molar-refractivity contribution in [1.29, 1.82) is 0 Å². The molecule has 84 valence electrons. The molecule has 0 saturated carbocycles. The third kappa shape index (κ3) is 2.06. The molecule has 0 radical (unpaired) electrons. The van der Waals surface area contributed by atoms with Crippen LogP contribution in [0.15, 0.2) is 16.9 Å². The zero-order valence-electron chi connectivity index (χ0n) is 8.38. The van der Waals surface area contributed by atoms with Gasteiger partial charge in [-0.25, -0.2) is 9.37 Å². The van der Waals surface area contributed by atoms with E-state index in [1.807, 2.05) is 0 Å². The Morgan fingerprint density at radius 2 is 2.38 bits per heavy atom. The van der Waals surface area contributed by atoms with Gasteiger partial charge in [0, 0.05) is 0 Å². The van der Waals surface area contributed by atoms with Crippen LogP contribution in [0.5, 0.6) is 0 Å². The molecule has 0 aliphatic carbocycles. The fourth-order valence-electron chi connectivity index (χ4n) is 1.48. The highest BCUT2D eigenvalue weighted by atomic mass is 79.9. The normalized spacial score (nSPS) is 10.7. The maximum Gasteiger partial charge on any atom is 0.310 e. The highest BCUT2D eigenvalue weighted by Gasteiger charge is 2.12. The molecule has 6 heteroatoms. The Bertz CT molecular complexity index is 553. The van der Waals surface area contributed by atoms with Crippen LogP contribution in [0.25, 0.3) is 11.0 Å². The minimum absolute atomic E-state index is 0.00204. The third-order valence-electron chi connectivity index (χ3n) is 2.16. The molecule has 0 spiro atoms. The van der Waals surface area contributed by atoms with E-state index in [1.165, 1.54) is 19.2 Å². The summed E-state index contributed by atoms with van der Waals surface area (Å²) in [5.41, 5.74) is 1.62. The first kappa shape index (κ1) is 11.1. The highest BCUT2D eigenvalue weighted by molar-refractivity contribution is 9.10. The molecule has 0 aliphatic rings. The number of hydrogen-bond acceptors (Lipinski definition) is 3. The second-order valence-electron chi connectivity index (χ2n) is 3.24. The minimum atomic E-state index is -0.425. The first-order valence-corrected chi connectivity index (χ1v) is 5.30. The second-order valence-corrected chi connectivity index (χ2v) is 3.99. The Labute approximate surface area is 98.9 Å². The van der Waals surface area contributed by atoms with E-state index in [0.717, 1.165) is 0 Å². The van der Waals surface area contributed by atoms with Gasteiger partial charge in [0.2, 0.25) is 0 Å². The summed E-state index contributed by atoms with van der Waals surface area (Å²) < 4.78 is 18.3. The molecule has 0 aliphatic heterocycles. The first-order chi connectivity index (χ1) is 7.60. The molecule has 0 fully saturated rings. The topological polar surface area (TPSA) is 55.0 Å². The molecule has 1 N–H and O–H groups in total. The minimum Gasteiger partial charge on any atom is -0.469 e. The van der Waals surface area contributed by atoms with Crippen LogP contribution in [-0.4, -0.2) is 23.0 Å². The van der Waals surface area contributed by atoms with Crippen LogP contribution in [0.1, 0.15) is 5.56 Å². The number of aromatic nitrogens is 2. The van der Waals surface area contributed by atoms with E-state index in [2.05, 4.69) is 30.6 Å². The number of hydrogen-bond donors (Lipinski definition) is 1. The highest BCUT2D eigenvalue weighted by Crippen LogP contribution is 2.21. The number of esters is 1. The summed E-state index contributed by atoms with van der Waals surface area (Å²) in [6.45, 7) is 0. The number of nitrogens with one attached hydrogen (secondary N) is 1. The molecule has 0 atom stereocenters. The van der Waals surface area contributed by atoms with Gasteiger partial charge in [-0.2, -0.15) is 0 Å². The average Bonchev–Trinajstić information content (AvgIpc) is 2.58. The van der Waals surface area contributed by atoms with Gasteiger partial charge in [-0.1, -0.05) is 0 Å². The molecule has 2 aromatic rings. The van der Waals surface area contributed by atoms with Crippen LogP contribution in [0.2, 0.25) is 0 Å². The van der Waals surface area contributed by atoms with Gasteiger partial charge < -0.3 is 9.72 Å². The second kappa shape index (κ2) is 4.21. The number of H-pyrrole nitrogens is 1. The standard InChI is InChI=1S/C10H8BrFN2O2/c1-16-8(15)3-5-2-6(12)4-7-9(5)14-10(11)13-7/h2,4H,3H2,1H3,(H,13,14). The number of benzene rings is 1. The van der Waals surface area contributed by atoms with Gasteiger partial charge >= 0.3 is 5.97 Å². The summed E-state index contributed by atoms with van der Waals surface area (Å²) in [5, 5.41) is 0. The van der Waals surface area contributed by atoms with E-state index in [0.29, 0.717) is 21.3 Å². The molecule has 1 aromatic heterocycles. The summed E-state index contributed by atoms with van der Waals surface area (Å²) in [6.07, 6.45) is 0.00204. The lowest BCUT2D eigenvalue weighted by molar-refractivity contribution is -0.139. The lowest BCUT2D eigenvalue weighted by atomic mass is 10.1. The number of carbonyl (C=O) groups is 1. The van der Waals surface area contributed by atoms with Crippen molar-refractivity contribution < 1.29 is 13.9 Å². The largest absolute Gasteiger partial charge is 0.469 e. The van der Waals surface area contributed by atoms with Gasteiger partial charge in [-0.15, -0.1) is 0 Å². The van der Waals surface area contributed by atoms with Crippen molar-refractivity contribution in [2.75, 3.05) is 7.11 Å². The third-order valence-corrected chi connectivity index (χ3v) is 2.54. The zero-order chi connectivity index (χ0) is 11.7. The van der Waals surface area contributed by atoms with E-state index in [-0.39, 0.29) is 6.42 Å². The maximum atomic E-state index is 13.2. The number of nitrogens with zero attached hydrogens (tertiary/aromatic N) is 1. The van der Waals surface area contributed by atoms with Crippen LogP contribution in [0, 0.1) is 5.82 Å². The van der Waals surface area contributed by atoms with Crippen molar-refractivity contribution in [3.63, 3.8) is 0 Å². The Hall–Kier alpha value is -1.43. The number of methoxy groups -OCH3 is 1. The molecule has 0 saturated heterocycles. The molecule has 0 amide bonds. The van der Waals surface area contributed by atoms with Crippen LogP contribution in [0.3, 0.4) is 0 Å². The number of aromatic amines is 1. The molecule has 0 unspecified atom stereocenters. The number of imidazole rings is 1. The molecule has 1 aromatic carbocycles. The molecule has 16 heavy (non-hydrogen) atoms. The molecular formula is C10H8BrFN2O2.